The quantitative estimate of drug-likeness (QED) is 0.912. The summed E-state index contributed by atoms with van der Waals surface area (Å²) in [6.07, 6.45) is 2.09. The number of rotatable bonds is 4. The van der Waals surface area contributed by atoms with Crippen LogP contribution in [-0.4, -0.2) is 15.3 Å². The van der Waals surface area contributed by atoms with Crippen molar-refractivity contribution in [1.82, 2.24) is 10.2 Å². The van der Waals surface area contributed by atoms with Crippen LogP contribution < -0.4 is 4.74 Å². The van der Waals surface area contributed by atoms with Crippen LogP contribution in [0.15, 0.2) is 22.6 Å². The van der Waals surface area contributed by atoms with Gasteiger partial charge in [0.05, 0.1) is 6.10 Å². The van der Waals surface area contributed by atoms with Crippen molar-refractivity contribution in [2.75, 3.05) is 0 Å². The summed E-state index contributed by atoms with van der Waals surface area (Å²) in [7, 11) is 0. The van der Waals surface area contributed by atoms with Gasteiger partial charge in [-0.1, -0.05) is 13.0 Å². The molecule has 3 rings (SSSR count). The predicted octanol–water partition coefficient (Wildman–Crippen LogP) is 2.19. The van der Waals surface area contributed by atoms with Crippen molar-refractivity contribution in [2.24, 2.45) is 0 Å². The lowest BCUT2D eigenvalue weighted by atomic mass is 10.1. The number of benzene rings is 1. The molecule has 0 saturated carbocycles. The van der Waals surface area contributed by atoms with Crippen molar-refractivity contribution in [2.45, 2.75) is 38.9 Å². The molecule has 1 aromatic heterocycles. The van der Waals surface area contributed by atoms with E-state index in [1.54, 1.807) is 0 Å². The summed E-state index contributed by atoms with van der Waals surface area (Å²) in [5, 5.41) is 17.5. The van der Waals surface area contributed by atoms with Crippen LogP contribution in [0.2, 0.25) is 0 Å². The van der Waals surface area contributed by atoms with Crippen LogP contribution in [0.3, 0.4) is 0 Å². The summed E-state index contributed by atoms with van der Waals surface area (Å²) >= 11 is 0. The third-order valence-electron chi connectivity index (χ3n) is 3.33. The number of hydrogen-bond acceptors (Lipinski definition) is 5. The van der Waals surface area contributed by atoms with Crippen LogP contribution in [-0.2, 0) is 19.4 Å². The second kappa shape index (κ2) is 5.01. The van der Waals surface area contributed by atoms with Crippen LogP contribution >= 0.6 is 0 Å². The Morgan fingerprint density at radius 1 is 1.37 bits per heavy atom. The minimum absolute atomic E-state index is 0.272. The number of aryl methyl sites for hydroxylation is 2. The van der Waals surface area contributed by atoms with Crippen LogP contribution in [0.5, 0.6) is 5.75 Å². The molecule has 100 valence electrons. The molecule has 1 aromatic carbocycles. The van der Waals surface area contributed by atoms with E-state index in [2.05, 4.69) is 10.2 Å². The first kappa shape index (κ1) is 12.2. The SMILES string of the molecule is CCc1nnc(COc2ccc3c(c2)CCC3O)o1. The molecule has 1 atom stereocenters. The van der Waals surface area contributed by atoms with Gasteiger partial charge in [0, 0.05) is 6.42 Å². The number of aliphatic hydroxyl groups is 1. The average molecular weight is 260 g/mol. The van der Waals surface area contributed by atoms with Crippen LogP contribution in [0.1, 0.15) is 42.4 Å². The minimum atomic E-state index is -0.327. The largest absolute Gasteiger partial charge is 0.484 e. The highest BCUT2D eigenvalue weighted by Crippen LogP contribution is 2.33. The predicted molar refractivity (Wildman–Crippen MR) is 67.7 cm³/mol. The Balaban J connectivity index is 1.67. The molecule has 19 heavy (non-hydrogen) atoms. The highest BCUT2D eigenvalue weighted by molar-refractivity contribution is 5.39. The second-order valence-corrected chi connectivity index (χ2v) is 4.65. The van der Waals surface area contributed by atoms with Gasteiger partial charge in [0.15, 0.2) is 6.61 Å². The number of fused-ring (bicyclic) bond motifs is 1. The molecule has 0 aliphatic heterocycles. The van der Waals surface area contributed by atoms with Gasteiger partial charge in [-0.2, -0.15) is 0 Å². The number of aromatic nitrogens is 2. The average Bonchev–Trinajstić information content (AvgIpc) is 3.03. The van der Waals surface area contributed by atoms with Crippen molar-refractivity contribution in [3.05, 3.63) is 41.1 Å². The number of aliphatic hydroxyl groups excluding tert-OH is 1. The molecule has 0 radical (unpaired) electrons. The van der Waals surface area contributed by atoms with Gasteiger partial charge in [-0.25, -0.2) is 0 Å². The molecule has 1 aliphatic carbocycles. The topological polar surface area (TPSA) is 68.4 Å². The standard InChI is InChI=1S/C14H16N2O3/c1-2-13-15-16-14(19-13)8-18-10-4-5-11-9(7-10)3-6-12(11)17/h4-5,7,12,17H,2-3,6,8H2,1H3. The molecular formula is C14H16N2O3. The van der Waals surface area contributed by atoms with Crippen molar-refractivity contribution in [3.63, 3.8) is 0 Å². The molecule has 1 N–H and O–H groups in total. The lowest BCUT2D eigenvalue weighted by Gasteiger charge is -2.07. The lowest BCUT2D eigenvalue weighted by molar-refractivity contribution is 0.180. The van der Waals surface area contributed by atoms with Gasteiger partial charge in [-0.3, -0.25) is 0 Å². The van der Waals surface area contributed by atoms with Crippen LogP contribution in [0, 0.1) is 0 Å². The summed E-state index contributed by atoms with van der Waals surface area (Å²) in [4.78, 5) is 0. The molecule has 0 saturated heterocycles. The van der Waals surface area contributed by atoms with Gasteiger partial charge in [-0.05, 0) is 36.1 Å². The number of hydrogen-bond donors (Lipinski definition) is 1. The van der Waals surface area contributed by atoms with E-state index in [9.17, 15) is 5.11 Å². The Bertz CT molecular complexity index is 580. The van der Waals surface area contributed by atoms with E-state index in [-0.39, 0.29) is 12.7 Å². The van der Waals surface area contributed by atoms with Gasteiger partial charge in [0.1, 0.15) is 5.75 Å². The van der Waals surface area contributed by atoms with Crippen LogP contribution in [0.25, 0.3) is 0 Å². The van der Waals surface area contributed by atoms with Gasteiger partial charge < -0.3 is 14.3 Å². The van der Waals surface area contributed by atoms with E-state index in [1.807, 2.05) is 25.1 Å². The molecule has 5 nitrogen and oxygen atoms in total. The maximum atomic E-state index is 9.74. The van der Waals surface area contributed by atoms with Gasteiger partial charge in [0.25, 0.3) is 5.89 Å². The van der Waals surface area contributed by atoms with Gasteiger partial charge >= 0.3 is 0 Å². The molecule has 2 aromatic rings. The van der Waals surface area contributed by atoms with E-state index in [4.69, 9.17) is 9.15 Å². The summed E-state index contributed by atoms with van der Waals surface area (Å²) in [5.41, 5.74) is 2.17. The maximum absolute atomic E-state index is 9.74. The first-order valence-electron chi connectivity index (χ1n) is 6.51. The molecule has 0 amide bonds. The first-order chi connectivity index (χ1) is 9.26. The molecule has 1 unspecified atom stereocenters. The molecule has 1 aliphatic rings. The zero-order chi connectivity index (χ0) is 13.2. The molecular weight excluding hydrogens is 244 g/mol. The van der Waals surface area contributed by atoms with E-state index in [1.165, 1.54) is 0 Å². The lowest BCUT2D eigenvalue weighted by Crippen LogP contribution is -1.97. The van der Waals surface area contributed by atoms with Crippen molar-refractivity contribution in [1.29, 1.82) is 0 Å². The third-order valence-corrected chi connectivity index (χ3v) is 3.33. The highest BCUT2D eigenvalue weighted by Gasteiger charge is 2.20. The first-order valence-corrected chi connectivity index (χ1v) is 6.51. The van der Waals surface area contributed by atoms with Crippen LogP contribution in [0.4, 0.5) is 0 Å². The van der Waals surface area contributed by atoms with Gasteiger partial charge in [0.2, 0.25) is 5.89 Å². The third kappa shape index (κ3) is 2.46. The molecule has 5 heteroatoms. The number of ether oxygens (including phenoxy) is 1. The highest BCUT2D eigenvalue weighted by atomic mass is 16.5. The van der Waals surface area contributed by atoms with Gasteiger partial charge in [-0.15, -0.1) is 10.2 Å². The fourth-order valence-corrected chi connectivity index (χ4v) is 2.30. The summed E-state index contributed by atoms with van der Waals surface area (Å²) in [5.74, 6) is 1.87. The zero-order valence-corrected chi connectivity index (χ0v) is 10.8. The van der Waals surface area contributed by atoms with E-state index in [0.717, 1.165) is 36.1 Å². The second-order valence-electron chi connectivity index (χ2n) is 4.65. The molecule has 0 bridgehead atoms. The monoisotopic (exact) mass is 260 g/mol. The van der Waals surface area contributed by atoms with Crippen molar-refractivity contribution >= 4 is 0 Å². The fourth-order valence-electron chi connectivity index (χ4n) is 2.30. The summed E-state index contributed by atoms with van der Waals surface area (Å²) < 4.78 is 11.0. The smallest absolute Gasteiger partial charge is 0.253 e. The van der Waals surface area contributed by atoms with E-state index >= 15 is 0 Å². The van der Waals surface area contributed by atoms with E-state index in [0.29, 0.717) is 11.8 Å². The molecule has 1 heterocycles. The number of nitrogens with zero attached hydrogens (tertiary/aromatic N) is 2. The minimum Gasteiger partial charge on any atom is -0.484 e. The van der Waals surface area contributed by atoms with Crippen molar-refractivity contribution < 1.29 is 14.3 Å². The Hall–Kier alpha value is -1.88. The molecule has 0 spiro atoms. The zero-order valence-electron chi connectivity index (χ0n) is 10.8. The Morgan fingerprint density at radius 3 is 3.00 bits per heavy atom. The maximum Gasteiger partial charge on any atom is 0.253 e. The fraction of sp³-hybridized carbons (Fsp3) is 0.429. The molecule has 0 fully saturated rings. The Labute approximate surface area is 111 Å². The Morgan fingerprint density at radius 2 is 2.21 bits per heavy atom. The summed E-state index contributed by atoms with van der Waals surface area (Å²) in [6, 6.07) is 5.76. The van der Waals surface area contributed by atoms with Crippen molar-refractivity contribution in [3.8, 4) is 5.75 Å². The Kier molecular flexibility index (Phi) is 3.21. The normalized spacial score (nSPS) is 17.5. The van der Waals surface area contributed by atoms with E-state index < -0.39 is 0 Å². The summed E-state index contributed by atoms with van der Waals surface area (Å²) in [6.45, 7) is 2.23.